The van der Waals surface area contributed by atoms with Gasteiger partial charge >= 0.3 is 5.97 Å². The summed E-state index contributed by atoms with van der Waals surface area (Å²) in [5.74, 6) is -0.838. The topological polar surface area (TPSA) is 56.8 Å². The fraction of sp³-hybridized carbons (Fsp3) is 0.552. The number of nitrogens with one attached hydrogen (secondary N) is 1. The van der Waals surface area contributed by atoms with Crippen molar-refractivity contribution in [3.8, 4) is 11.1 Å². The summed E-state index contributed by atoms with van der Waals surface area (Å²) < 4.78 is 18.1. The smallest absolute Gasteiger partial charge is 0.338 e. The molecule has 0 aliphatic carbocycles. The van der Waals surface area contributed by atoms with E-state index in [1.807, 2.05) is 24.3 Å². The maximum atomic E-state index is 12.6. The summed E-state index contributed by atoms with van der Waals surface area (Å²) >= 11 is 0. The Morgan fingerprint density at radius 3 is 1.97 bits per heavy atom. The average Bonchev–Trinajstić information content (AvgIpc) is 2.77. The van der Waals surface area contributed by atoms with Crippen molar-refractivity contribution in [3.05, 3.63) is 59.7 Å². The van der Waals surface area contributed by atoms with E-state index in [2.05, 4.69) is 64.2 Å². The fourth-order valence-electron chi connectivity index (χ4n) is 5.57. The lowest BCUT2D eigenvalue weighted by Gasteiger charge is -2.54. The average molecular weight is 466 g/mol. The van der Waals surface area contributed by atoms with Crippen LogP contribution in [-0.2, 0) is 20.6 Å². The summed E-state index contributed by atoms with van der Waals surface area (Å²) in [6.45, 7) is 12.3. The second kappa shape index (κ2) is 9.80. The van der Waals surface area contributed by atoms with E-state index in [0.717, 1.165) is 36.8 Å². The first-order chi connectivity index (χ1) is 16.1. The van der Waals surface area contributed by atoms with E-state index < -0.39 is 5.79 Å². The second-order valence-electron chi connectivity index (χ2n) is 11.3. The van der Waals surface area contributed by atoms with Gasteiger partial charge in [-0.05, 0) is 62.9 Å². The van der Waals surface area contributed by atoms with Crippen LogP contribution in [-0.4, -0.2) is 42.7 Å². The van der Waals surface area contributed by atoms with Crippen molar-refractivity contribution >= 4 is 5.97 Å². The van der Waals surface area contributed by atoms with Gasteiger partial charge in [0.15, 0.2) is 5.79 Å². The summed E-state index contributed by atoms with van der Waals surface area (Å²) in [6.07, 6.45) is 3.83. The van der Waals surface area contributed by atoms with Crippen molar-refractivity contribution in [2.45, 2.75) is 77.2 Å². The molecule has 0 unspecified atom stereocenters. The van der Waals surface area contributed by atoms with Crippen LogP contribution >= 0.6 is 0 Å². The first-order valence-corrected chi connectivity index (χ1v) is 12.5. The van der Waals surface area contributed by atoms with Crippen molar-refractivity contribution in [2.75, 3.05) is 19.8 Å². The standard InChI is InChI=1S/C29H39NO4/c1-6-7-21-8-10-23(11-9-21)24-12-14-25(15-13-24)26(31)32-16-22-17-33-29(34-18-22)19-27(2,3)30-28(4,5)20-29/h8-15,22,30H,6-7,16-20H2,1-5H3. The molecule has 0 radical (unpaired) electrons. The minimum atomic E-state index is -0.566. The Morgan fingerprint density at radius 2 is 1.44 bits per heavy atom. The van der Waals surface area contributed by atoms with Crippen LogP contribution in [0.4, 0.5) is 0 Å². The first-order valence-electron chi connectivity index (χ1n) is 12.5. The predicted molar refractivity (Wildman–Crippen MR) is 135 cm³/mol. The molecule has 2 aromatic rings. The van der Waals surface area contributed by atoms with Crippen LogP contribution in [0.3, 0.4) is 0 Å². The van der Waals surface area contributed by atoms with Crippen molar-refractivity contribution in [1.29, 1.82) is 0 Å². The van der Waals surface area contributed by atoms with Crippen molar-refractivity contribution in [1.82, 2.24) is 5.32 Å². The molecule has 5 heteroatoms. The van der Waals surface area contributed by atoms with Crippen molar-refractivity contribution in [2.24, 2.45) is 5.92 Å². The molecule has 2 aliphatic heterocycles. The van der Waals surface area contributed by atoms with Crippen LogP contribution in [0.5, 0.6) is 0 Å². The maximum Gasteiger partial charge on any atom is 0.338 e. The highest BCUT2D eigenvalue weighted by atomic mass is 16.7. The third kappa shape index (κ3) is 6.07. The number of aryl methyl sites for hydroxylation is 1. The second-order valence-corrected chi connectivity index (χ2v) is 11.3. The molecular formula is C29H39NO4. The predicted octanol–water partition coefficient (Wildman–Crippen LogP) is 5.76. The van der Waals surface area contributed by atoms with E-state index in [1.165, 1.54) is 5.56 Å². The highest BCUT2D eigenvalue weighted by Gasteiger charge is 2.50. The van der Waals surface area contributed by atoms with Gasteiger partial charge in [-0.15, -0.1) is 0 Å². The number of hydrogen-bond acceptors (Lipinski definition) is 5. The number of rotatable bonds is 6. The van der Waals surface area contributed by atoms with Gasteiger partial charge in [-0.2, -0.15) is 0 Å². The van der Waals surface area contributed by atoms with Gasteiger partial charge in [0.25, 0.3) is 0 Å². The van der Waals surface area contributed by atoms with Crippen LogP contribution < -0.4 is 5.32 Å². The van der Waals surface area contributed by atoms with Gasteiger partial charge in [-0.25, -0.2) is 4.79 Å². The monoisotopic (exact) mass is 465 g/mol. The summed E-state index contributed by atoms with van der Waals surface area (Å²) in [5, 5.41) is 3.67. The van der Waals surface area contributed by atoms with E-state index in [0.29, 0.717) is 25.4 Å². The molecule has 0 saturated carbocycles. The number of hydrogen-bond donors (Lipinski definition) is 1. The van der Waals surface area contributed by atoms with Gasteiger partial charge in [-0.3, -0.25) is 0 Å². The molecule has 2 heterocycles. The normalized spacial score (nSPS) is 21.3. The molecule has 2 fully saturated rings. The molecule has 0 atom stereocenters. The van der Waals surface area contributed by atoms with Crippen LogP contribution in [0.1, 0.15) is 69.8 Å². The number of esters is 1. The van der Waals surface area contributed by atoms with Gasteiger partial charge < -0.3 is 19.5 Å². The molecule has 184 valence electrons. The molecule has 2 aromatic carbocycles. The van der Waals surface area contributed by atoms with Crippen molar-refractivity contribution < 1.29 is 19.0 Å². The number of piperidine rings is 1. The summed E-state index contributed by atoms with van der Waals surface area (Å²) in [5.41, 5.74) is 4.01. The molecule has 2 saturated heterocycles. The van der Waals surface area contributed by atoms with Crippen LogP contribution in [0.15, 0.2) is 48.5 Å². The highest BCUT2D eigenvalue weighted by Crippen LogP contribution is 2.41. The number of carbonyl (C=O) groups is 1. The molecule has 0 aromatic heterocycles. The molecule has 1 N–H and O–H groups in total. The largest absolute Gasteiger partial charge is 0.462 e. The van der Waals surface area contributed by atoms with Gasteiger partial charge in [-0.1, -0.05) is 49.7 Å². The van der Waals surface area contributed by atoms with Gasteiger partial charge in [0.2, 0.25) is 0 Å². The molecule has 1 spiro atoms. The molecule has 0 bridgehead atoms. The zero-order chi connectivity index (χ0) is 24.4. The van der Waals surface area contributed by atoms with Crippen LogP contribution in [0.2, 0.25) is 0 Å². The third-order valence-electron chi connectivity index (χ3n) is 6.66. The van der Waals surface area contributed by atoms with E-state index in [1.54, 1.807) is 0 Å². The molecule has 34 heavy (non-hydrogen) atoms. The minimum absolute atomic E-state index is 0.0385. The minimum Gasteiger partial charge on any atom is -0.462 e. The lowest BCUT2D eigenvalue weighted by Crippen LogP contribution is -2.66. The lowest BCUT2D eigenvalue weighted by atomic mass is 9.78. The molecule has 4 rings (SSSR count). The number of benzene rings is 2. The van der Waals surface area contributed by atoms with Gasteiger partial charge in [0.05, 0.1) is 25.4 Å². The Bertz CT molecular complexity index is 952. The van der Waals surface area contributed by atoms with E-state index in [4.69, 9.17) is 14.2 Å². The van der Waals surface area contributed by atoms with Gasteiger partial charge in [0, 0.05) is 29.8 Å². The Hall–Kier alpha value is -2.21. The SMILES string of the molecule is CCCc1ccc(-c2ccc(C(=O)OCC3COC4(CC(C)(C)NC(C)(C)C4)OC3)cc2)cc1. The zero-order valence-corrected chi connectivity index (χ0v) is 21.3. The molecule has 0 amide bonds. The van der Waals surface area contributed by atoms with E-state index >= 15 is 0 Å². The molecular weight excluding hydrogens is 426 g/mol. The highest BCUT2D eigenvalue weighted by molar-refractivity contribution is 5.90. The zero-order valence-electron chi connectivity index (χ0n) is 21.3. The molecule has 2 aliphatic rings. The number of carbonyl (C=O) groups excluding carboxylic acids is 1. The number of ether oxygens (including phenoxy) is 3. The maximum absolute atomic E-state index is 12.6. The Morgan fingerprint density at radius 1 is 0.912 bits per heavy atom. The van der Waals surface area contributed by atoms with Crippen LogP contribution in [0, 0.1) is 5.92 Å². The Kier molecular flexibility index (Phi) is 7.18. The van der Waals surface area contributed by atoms with Crippen molar-refractivity contribution in [3.63, 3.8) is 0 Å². The Balaban J connectivity index is 1.28. The lowest BCUT2D eigenvalue weighted by molar-refractivity contribution is -0.312. The van der Waals surface area contributed by atoms with E-state index in [9.17, 15) is 4.79 Å². The molecule has 5 nitrogen and oxygen atoms in total. The Labute approximate surface area is 204 Å². The summed E-state index contributed by atoms with van der Waals surface area (Å²) in [4.78, 5) is 12.6. The first kappa shape index (κ1) is 24.9. The van der Waals surface area contributed by atoms with Crippen LogP contribution in [0.25, 0.3) is 11.1 Å². The van der Waals surface area contributed by atoms with Gasteiger partial charge in [0.1, 0.15) is 0 Å². The van der Waals surface area contributed by atoms with E-state index in [-0.39, 0.29) is 23.0 Å². The summed E-state index contributed by atoms with van der Waals surface area (Å²) in [7, 11) is 0. The fourth-order valence-corrected chi connectivity index (χ4v) is 5.57. The quantitative estimate of drug-likeness (QED) is 0.550. The third-order valence-corrected chi connectivity index (χ3v) is 6.66. The summed E-state index contributed by atoms with van der Waals surface area (Å²) in [6, 6.07) is 16.2.